The normalized spacial score (nSPS) is 17.2. The number of nitrogens with zero attached hydrogens (tertiary/aromatic N) is 1. The summed E-state index contributed by atoms with van der Waals surface area (Å²) >= 11 is 0. The largest absolute Gasteiger partial charge is 0.503 e. The molecule has 0 saturated carbocycles. The Hall–Kier alpha value is -3.03. The molecule has 0 bridgehead atoms. The summed E-state index contributed by atoms with van der Waals surface area (Å²) in [4.78, 5) is 36.0. The number of ketones is 1. The van der Waals surface area contributed by atoms with Gasteiger partial charge >= 0.3 is 5.97 Å². The minimum atomic E-state index is -1.26. The first kappa shape index (κ1) is 17.3. The molecule has 1 aromatic carbocycles. The lowest BCUT2D eigenvalue weighted by molar-refractivity contribution is -0.144. The van der Waals surface area contributed by atoms with E-state index in [1.807, 2.05) is 0 Å². The molecule has 0 aromatic heterocycles. The van der Waals surface area contributed by atoms with Crippen LogP contribution in [0.2, 0.25) is 0 Å². The van der Waals surface area contributed by atoms with Crippen molar-refractivity contribution >= 4 is 17.7 Å². The molecule has 1 amide bonds. The van der Waals surface area contributed by atoms with Crippen LogP contribution in [0.1, 0.15) is 18.5 Å². The maximum atomic E-state index is 12.2. The molecule has 1 aliphatic heterocycles. The summed E-state index contributed by atoms with van der Waals surface area (Å²) in [5, 5.41) is 19.0. The van der Waals surface area contributed by atoms with E-state index in [4.69, 9.17) is 14.6 Å². The van der Waals surface area contributed by atoms with Crippen molar-refractivity contribution in [2.45, 2.75) is 13.0 Å². The van der Waals surface area contributed by atoms with E-state index in [1.165, 1.54) is 27.2 Å². The van der Waals surface area contributed by atoms with Gasteiger partial charge in [-0.15, -0.1) is 0 Å². The molecular formula is C16H17NO7. The van der Waals surface area contributed by atoms with Crippen LogP contribution in [-0.2, 0) is 14.4 Å². The molecule has 1 unspecified atom stereocenters. The van der Waals surface area contributed by atoms with E-state index < -0.39 is 36.0 Å². The Morgan fingerprint density at radius 1 is 1.21 bits per heavy atom. The van der Waals surface area contributed by atoms with Crippen LogP contribution in [0.4, 0.5) is 0 Å². The minimum Gasteiger partial charge on any atom is -0.503 e. The predicted molar refractivity (Wildman–Crippen MR) is 82.0 cm³/mol. The van der Waals surface area contributed by atoms with Crippen LogP contribution in [0.3, 0.4) is 0 Å². The molecule has 1 aliphatic rings. The second-order valence-corrected chi connectivity index (χ2v) is 5.16. The van der Waals surface area contributed by atoms with Gasteiger partial charge in [0, 0.05) is 0 Å². The van der Waals surface area contributed by atoms with E-state index in [0.717, 1.165) is 4.90 Å². The molecule has 0 spiro atoms. The number of carboxylic acid groups (broad SMARTS) is 1. The zero-order valence-electron chi connectivity index (χ0n) is 13.4. The van der Waals surface area contributed by atoms with Crippen molar-refractivity contribution < 1.29 is 34.1 Å². The highest BCUT2D eigenvalue weighted by Crippen LogP contribution is 2.40. The molecule has 8 heteroatoms. The molecule has 2 rings (SSSR count). The van der Waals surface area contributed by atoms with E-state index in [-0.39, 0.29) is 5.57 Å². The molecule has 2 N–H and O–H groups in total. The molecular weight excluding hydrogens is 318 g/mol. The highest BCUT2D eigenvalue weighted by molar-refractivity contribution is 6.08. The van der Waals surface area contributed by atoms with Gasteiger partial charge in [-0.05, 0) is 24.6 Å². The van der Waals surface area contributed by atoms with Crippen LogP contribution in [0.15, 0.2) is 29.5 Å². The first-order chi connectivity index (χ1) is 11.3. The third-order valence-electron chi connectivity index (χ3n) is 3.71. The number of rotatable bonds is 6. The van der Waals surface area contributed by atoms with E-state index >= 15 is 0 Å². The fourth-order valence-electron chi connectivity index (χ4n) is 2.69. The quantitative estimate of drug-likeness (QED) is 0.799. The van der Waals surface area contributed by atoms with Crippen LogP contribution >= 0.6 is 0 Å². The van der Waals surface area contributed by atoms with Gasteiger partial charge in [-0.25, -0.2) is 0 Å². The Balaban J connectivity index is 2.59. The number of Topliss-reactive ketones (excluding diaryl/α,β-unsaturated/α-hetero) is 1. The van der Waals surface area contributed by atoms with Crippen molar-refractivity contribution in [1.29, 1.82) is 0 Å². The summed E-state index contributed by atoms with van der Waals surface area (Å²) in [5.74, 6) is -2.62. The van der Waals surface area contributed by atoms with Gasteiger partial charge in [0.05, 0.1) is 25.8 Å². The fraction of sp³-hybridized carbons (Fsp3) is 0.312. The SMILES string of the molecule is COc1ccc(C2C(C(C)=O)=C(O)C(=O)N2CC(=O)O)cc1OC. The Kier molecular flexibility index (Phi) is 4.77. The average Bonchev–Trinajstić information content (AvgIpc) is 2.78. The first-order valence-corrected chi connectivity index (χ1v) is 7.00. The Morgan fingerprint density at radius 2 is 1.83 bits per heavy atom. The van der Waals surface area contributed by atoms with Crippen molar-refractivity contribution in [2.75, 3.05) is 20.8 Å². The number of ether oxygens (including phenoxy) is 2. The molecule has 1 aromatic rings. The molecule has 0 fully saturated rings. The van der Waals surface area contributed by atoms with Crippen molar-refractivity contribution in [2.24, 2.45) is 0 Å². The second kappa shape index (κ2) is 6.61. The number of aliphatic hydroxyl groups excluding tert-OH is 1. The zero-order valence-corrected chi connectivity index (χ0v) is 13.4. The lowest BCUT2D eigenvalue weighted by atomic mass is 9.96. The third-order valence-corrected chi connectivity index (χ3v) is 3.71. The predicted octanol–water partition coefficient (Wildman–Crippen LogP) is 1.07. The number of carbonyl (C=O) groups is 3. The lowest BCUT2D eigenvalue weighted by Crippen LogP contribution is -2.35. The van der Waals surface area contributed by atoms with Gasteiger partial charge in [0.25, 0.3) is 5.91 Å². The van der Waals surface area contributed by atoms with E-state index in [2.05, 4.69) is 0 Å². The summed E-state index contributed by atoms with van der Waals surface area (Å²) in [6.07, 6.45) is 0. The molecule has 1 atom stereocenters. The van der Waals surface area contributed by atoms with Crippen molar-refractivity contribution in [3.63, 3.8) is 0 Å². The van der Waals surface area contributed by atoms with Crippen molar-refractivity contribution in [1.82, 2.24) is 4.90 Å². The second-order valence-electron chi connectivity index (χ2n) is 5.16. The summed E-state index contributed by atoms with van der Waals surface area (Å²) in [6, 6.07) is 3.68. The standard InChI is InChI=1S/C16H17NO7/c1-8(18)13-14(17(7-12(19)20)16(22)15(13)21)9-4-5-10(23-2)11(6-9)24-3/h4-6,14,21H,7H2,1-3H3,(H,19,20). The molecule has 24 heavy (non-hydrogen) atoms. The smallest absolute Gasteiger partial charge is 0.323 e. The van der Waals surface area contributed by atoms with Gasteiger partial charge in [0.2, 0.25) is 0 Å². The number of amides is 1. The topological polar surface area (TPSA) is 113 Å². The average molecular weight is 335 g/mol. The molecule has 0 radical (unpaired) electrons. The summed E-state index contributed by atoms with van der Waals surface area (Å²) in [5.41, 5.74) is 0.282. The zero-order chi connectivity index (χ0) is 18.0. The van der Waals surface area contributed by atoms with Gasteiger partial charge < -0.3 is 24.6 Å². The van der Waals surface area contributed by atoms with Crippen LogP contribution in [0, 0.1) is 0 Å². The maximum absolute atomic E-state index is 12.2. The van der Waals surface area contributed by atoms with Crippen LogP contribution < -0.4 is 9.47 Å². The van der Waals surface area contributed by atoms with E-state index in [9.17, 15) is 19.5 Å². The Labute approximate surface area is 137 Å². The van der Waals surface area contributed by atoms with Crippen LogP contribution in [-0.4, -0.2) is 53.5 Å². The number of aliphatic carboxylic acids is 1. The van der Waals surface area contributed by atoms with Crippen LogP contribution in [0.5, 0.6) is 11.5 Å². The number of hydrogen-bond acceptors (Lipinski definition) is 6. The third kappa shape index (κ3) is 2.90. The van der Waals surface area contributed by atoms with Gasteiger partial charge in [-0.2, -0.15) is 0 Å². The molecule has 1 heterocycles. The monoisotopic (exact) mass is 335 g/mol. The molecule has 0 saturated heterocycles. The molecule has 0 aliphatic carbocycles. The number of carbonyl (C=O) groups excluding carboxylic acids is 2. The summed E-state index contributed by atoms with van der Waals surface area (Å²) < 4.78 is 10.3. The number of hydrogen-bond donors (Lipinski definition) is 2. The Morgan fingerprint density at radius 3 is 2.33 bits per heavy atom. The van der Waals surface area contributed by atoms with Gasteiger partial charge in [-0.3, -0.25) is 14.4 Å². The number of methoxy groups -OCH3 is 2. The minimum absolute atomic E-state index is 0.145. The Bertz CT molecular complexity index is 738. The van der Waals surface area contributed by atoms with E-state index in [0.29, 0.717) is 17.1 Å². The van der Waals surface area contributed by atoms with Gasteiger partial charge in [0.15, 0.2) is 23.0 Å². The highest BCUT2D eigenvalue weighted by Gasteiger charge is 2.43. The fourth-order valence-corrected chi connectivity index (χ4v) is 2.69. The van der Waals surface area contributed by atoms with E-state index in [1.54, 1.807) is 12.1 Å². The molecule has 128 valence electrons. The number of aliphatic hydroxyl groups is 1. The van der Waals surface area contributed by atoms with Crippen molar-refractivity contribution in [3.8, 4) is 11.5 Å². The lowest BCUT2D eigenvalue weighted by Gasteiger charge is -2.25. The number of carboxylic acids is 1. The van der Waals surface area contributed by atoms with Crippen LogP contribution in [0.25, 0.3) is 0 Å². The summed E-state index contributed by atoms with van der Waals surface area (Å²) in [6.45, 7) is 0.551. The number of benzene rings is 1. The first-order valence-electron chi connectivity index (χ1n) is 7.00. The maximum Gasteiger partial charge on any atom is 0.323 e. The van der Waals surface area contributed by atoms with Gasteiger partial charge in [-0.1, -0.05) is 6.07 Å². The summed E-state index contributed by atoms with van der Waals surface area (Å²) in [7, 11) is 2.88. The molecule has 8 nitrogen and oxygen atoms in total. The van der Waals surface area contributed by atoms with Crippen molar-refractivity contribution in [3.05, 3.63) is 35.1 Å². The highest BCUT2D eigenvalue weighted by atomic mass is 16.5. The van der Waals surface area contributed by atoms with Gasteiger partial charge in [0.1, 0.15) is 6.54 Å².